The molecule has 1 aromatic rings. The van der Waals surface area contributed by atoms with Crippen LogP contribution < -0.4 is 0 Å². The van der Waals surface area contributed by atoms with Crippen LogP contribution in [0, 0.1) is 5.41 Å². The van der Waals surface area contributed by atoms with Crippen molar-refractivity contribution in [1.29, 1.82) is 0 Å². The highest BCUT2D eigenvalue weighted by Gasteiger charge is 2.24. The van der Waals surface area contributed by atoms with Gasteiger partial charge in [-0.05, 0) is 11.8 Å². The first-order chi connectivity index (χ1) is 7.00. The molecule has 0 bridgehead atoms. The normalized spacial score (nSPS) is 14.2. The molecule has 3 heteroatoms. The van der Waals surface area contributed by atoms with E-state index in [4.69, 9.17) is 0 Å². The van der Waals surface area contributed by atoms with Crippen molar-refractivity contribution in [3.05, 3.63) is 18.0 Å². The third-order valence-corrected chi connectivity index (χ3v) is 3.50. The average Bonchev–Trinajstić information content (AvgIpc) is 2.65. The van der Waals surface area contributed by atoms with Crippen molar-refractivity contribution in [1.82, 2.24) is 9.78 Å². The van der Waals surface area contributed by atoms with E-state index in [0.717, 1.165) is 24.8 Å². The zero-order chi connectivity index (χ0) is 11.5. The average molecular weight is 210 g/mol. The largest absolute Gasteiger partial charge is 0.388 e. The van der Waals surface area contributed by atoms with Gasteiger partial charge in [-0.15, -0.1) is 0 Å². The van der Waals surface area contributed by atoms with Gasteiger partial charge in [0.25, 0.3) is 0 Å². The van der Waals surface area contributed by atoms with Gasteiger partial charge in [-0.25, -0.2) is 0 Å². The summed E-state index contributed by atoms with van der Waals surface area (Å²) in [5.41, 5.74) is 1.15. The van der Waals surface area contributed by atoms with Crippen LogP contribution in [-0.2, 0) is 7.05 Å². The van der Waals surface area contributed by atoms with Gasteiger partial charge in [-0.2, -0.15) is 5.10 Å². The van der Waals surface area contributed by atoms with Crippen LogP contribution in [-0.4, -0.2) is 14.9 Å². The SMILES string of the molecule is CCC(C)(CC)CC(O)c1cnn(C)c1. The maximum Gasteiger partial charge on any atom is 0.0825 e. The summed E-state index contributed by atoms with van der Waals surface area (Å²) in [5, 5.41) is 14.2. The molecular weight excluding hydrogens is 188 g/mol. The van der Waals surface area contributed by atoms with E-state index in [1.165, 1.54) is 0 Å². The number of hydrogen-bond donors (Lipinski definition) is 1. The monoisotopic (exact) mass is 210 g/mol. The van der Waals surface area contributed by atoms with Gasteiger partial charge in [0.15, 0.2) is 0 Å². The van der Waals surface area contributed by atoms with E-state index in [2.05, 4.69) is 25.9 Å². The Labute approximate surface area is 92.1 Å². The molecule has 0 aliphatic carbocycles. The second-order valence-electron chi connectivity index (χ2n) is 4.69. The fourth-order valence-corrected chi connectivity index (χ4v) is 1.74. The molecule has 0 radical (unpaired) electrons. The number of nitrogens with zero attached hydrogens (tertiary/aromatic N) is 2. The summed E-state index contributed by atoms with van der Waals surface area (Å²) in [7, 11) is 1.87. The Morgan fingerprint density at radius 2 is 2.07 bits per heavy atom. The zero-order valence-corrected chi connectivity index (χ0v) is 10.2. The van der Waals surface area contributed by atoms with Gasteiger partial charge in [0.2, 0.25) is 0 Å². The van der Waals surface area contributed by atoms with Crippen LogP contribution in [0.2, 0.25) is 0 Å². The molecule has 0 aliphatic rings. The molecule has 1 N–H and O–H groups in total. The molecule has 1 aromatic heterocycles. The van der Waals surface area contributed by atoms with Crippen molar-refractivity contribution in [2.24, 2.45) is 12.5 Å². The lowest BCUT2D eigenvalue weighted by Gasteiger charge is -2.28. The molecule has 1 unspecified atom stereocenters. The van der Waals surface area contributed by atoms with Gasteiger partial charge in [0.05, 0.1) is 12.3 Å². The summed E-state index contributed by atoms with van der Waals surface area (Å²) in [6.45, 7) is 6.59. The Hall–Kier alpha value is -0.830. The molecule has 0 amide bonds. The first-order valence-corrected chi connectivity index (χ1v) is 5.67. The van der Waals surface area contributed by atoms with Crippen LogP contribution in [0.3, 0.4) is 0 Å². The number of hydrogen-bond acceptors (Lipinski definition) is 2. The highest BCUT2D eigenvalue weighted by Crippen LogP contribution is 2.35. The van der Waals surface area contributed by atoms with Gasteiger partial charge >= 0.3 is 0 Å². The van der Waals surface area contributed by atoms with Crippen LogP contribution in [0.5, 0.6) is 0 Å². The fourth-order valence-electron chi connectivity index (χ4n) is 1.74. The van der Waals surface area contributed by atoms with Crippen molar-refractivity contribution < 1.29 is 5.11 Å². The first kappa shape index (κ1) is 12.2. The molecule has 1 rings (SSSR count). The topological polar surface area (TPSA) is 38.1 Å². The number of aryl methyl sites for hydroxylation is 1. The van der Waals surface area contributed by atoms with E-state index in [-0.39, 0.29) is 11.5 Å². The van der Waals surface area contributed by atoms with Gasteiger partial charge in [0, 0.05) is 18.8 Å². The lowest BCUT2D eigenvalue weighted by Crippen LogP contribution is -2.17. The van der Waals surface area contributed by atoms with Crippen LogP contribution in [0.4, 0.5) is 0 Å². The summed E-state index contributed by atoms with van der Waals surface area (Å²) in [6.07, 6.45) is 6.25. The van der Waals surface area contributed by atoms with Crippen molar-refractivity contribution in [2.75, 3.05) is 0 Å². The van der Waals surface area contributed by atoms with Crippen LogP contribution in [0.15, 0.2) is 12.4 Å². The second-order valence-corrected chi connectivity index (χ2v) is 4.69. The molecule has 0 aromatic carbocycles. The zero-order valence-electron chi connectivity index (χ0n) is 10.2. The molecule has 15 heavy (non-hydrogen) atoms. The van der Waals surface area contributed by atoms with Crippen molar-refractivity contribution in [2.45, 2.75) is 46.1 Å². The lowest BCUT2D eigenvalue weighted by molar-refractivity contribution is 0.100. The molecule has 0 saturated carbocycles. The molecule has 1 atom stereocenters. The third kappa shape index (κ3) is 3.06. The smallest absolute Gasteiger partial charge is 0.0825 e. The van der Waals surface area contributed by atoms with Crippen LogP contribution in [0.1, 0.15) is 51.7 Å². The Kier molecular flexibility index (Phi) is 3.91. The van der Waals surface area contributed by atoms with Crippen molar-refractivity contribution >= 4 is 0 Å². The van der Waals surface area contributed by atoms with E-state index in [0.29, 0.717) is 0 Å². The Bertz CT molecular complexity index is 302. The molecule has 1 heterocycles. The summed E-state index contributed by atoms with van der Waals surface area (Å²) in [4.78, 5) is 0. The molecule has 0 saturated heterocycles. The molecule has 0 aliphatic heterocycles. The number of aliphatic hydroxyl groups is 1. The summed E-state index contributed by atoms with van der Waals surface area (Å²) in [5.74, 6) is 0. The molecule has 86 valence electrons. The standard InChI is InChI=1S/C12H22N2O/c1-5-12(3,6-2)7-11(15)10-8-13-14(4)9-10/h8-9,11,15H,5-7H2,1-4H3. The van der Waals surface area contributed by atoms with Crippen LogP contribution in [0.25, 0.3) is 0 Å². The van der Waals surface area contributed by atoms with Gasteiger partial charge in [-0.1, -0.05) is 33.6 Å². The Morgan fingerprint density at radius 3 is 2.47 bits per heavy atom. The van der Waals surface area contributed by atoms with E-state index >= 15 is 0 Å². The van der Waals surface area contributed by atoms with Crippen molar-refractivity contribution in [3.8, 4) is 0 Å². The van der Waals surface area contributed by atoms with Gasteiger partial charge < -0.3 is 5.11 Å². The predicted octanol–water partition coefficient (Wildman–Crippen LogP) is 2.67. The first-order valence-electron chi connectivity index (χ1n) is 5.67. The van der Waals surface area contributed by atoms with Gasteiger partial charge in [0.1, 0.15) is 0 Å². The Balaban J connectivity index is 2.66. The maximum absolute atomic E-state index is 10.1. The quantitative estimate of drug-likeness (QED) is 0.811. The molecule has 3 nitrogen and oxygen atoms in total. The van der Waals surface area contributed by atoms with E-state index in [1.54, 1.807) is 10.9 Å². The second kappa shape index (κ2) is 4.79. The Morgan fingerprint density at radius 1 is 1.47 bits per heavy atom. The molecule has 0 spiro atoms. The molecular formula is C12H22N2O. The molecule has 0 fully saturated rings. The number of aromatic nitrogens is 2. The van der Waals surface area contributed by atoms with E-state index in [9.17, 15) is 5.11 Å². The summed E-state index contributed by atoms with van der Waals surface area (Å²) < 4.78 is 1.73. The minimum Gasteiger partial charge on any atom is -0.388 e. The predicted molar refractivity (Wildman–Crippen MR) is 61.5 cm³/mol. The lowest BCUT2D eigenvalue weighted by atomic mass is 9.79. The van der Waals surface area contributed by atoms with Gasteiger partial charge in [-0.3, -0.25) is 4.68 Å². The highest BCUT2D eigenvalue weighted by molar-refractivity contribution is 5.08. The van der Waals surface area contributed by atoms with Crippen LogP contribution >= 0.6 is 0 Å². The summed E-state index contributed by atoms with van der Waals surface area (Å²) in [6, 6.07) is 0. The minimum absolute atomic E-state index is 0.231. The van der Waals surface area contributed by atoms with E-state index < -0.39 is 0 Å². The number of aliphatic hydroxyl groups excluding tert-OH is 1. The number of rotatable bonds is 5. The highest BCUT2D eigenvalue weighted by atomic mass is 16.3. The van der Waals surface area contributed by atoms with Crippen molar-refractivity contribution in [3.63, 3.8) is 0 Å². The minimum atomic E-state index is -0.386. The fraction of sp³-hybridized carbons (Fsp3) is 0.750. The third-order valence-electron chi connectivity index (χ3n) is 3.50. The summed E-state index contributed by atoms with van der Waals surface area (Å²) >= 11 is 0. The van der Waals surface area contributed by atoms with E-state index in [1.807, 2.05) is 13.2 Å². The maximum atomic E-state index is 10.1.